The van der Waals surface area contributed by atoms with Crippen LogP contribution in [-0.4, -0.2) is 26.1 Å². The maximum absolute atomic E-state index is 13.2. The summed E-state index contributed by atoms with van der Waals surface area (Å²) in [6, 6.07) is 9.72. The molecule has 2 aromatic rings. The lowest BCUT2D eigenvalue weighted by Crippen LogP contribution is -2.09. The molecule has 0 aromatic heterocycles. The van der Waals surface area contributed by atoms with Crippen molar-refractivity contribution in [2.24, 2.45) is 0 Å². The number of carbonyl (C=O) groups excluding carboxylic acids is 1. The summed E-state index contributed by atoms with van der Waals surface area (Å²) in [5.74, 6) is 0.0205. The summed E-state index contributed by atoms with van der Waals surface area (Å²) in [5.41, 5.74) is -0.0419. The van der Waals surface area contributed by atoms with Crippen molar-refractivity contribution in [2.75, 3.05) is 20.3 Å². The number of hydrogen-bond donors (Lipinski definition) is 0. The van der Waals surface area contributed by atoms with Gasteiger partial charge in [0.1, 0.15) is 12.4 Å². The molecular weight excluding hydrogens is 321 g/mol. The fourth-order valence-electron chi connectivity index (χ4n) is 2.32. The third-order valence-electron chi connectivity index (χ3n) is 3.45. The van der Waals surface area contributed by atoms with E-state index < -0.39 is 11.7 Å². The Labute approximate surface area is 138 Å². The van der Waals surface area contributed by atoms with Gasteiger partial charge in [0, 0.05) is 7.11 Å². The molecule has 0 N–H and O–H groups in total. The van der Waals surface area contributed by atoms with Crippen molar-refractivity contribution >= 4 is 5.78 Å². The number of alkyl halides is 3. The van der Waals surface area contributed by atoms with E-state index in [-0.39, 0.29) is 23.7 Å². The summed E-state index contributed by atoms with van der Waals surface area (Å²) in [7, 11) is 1.51. The monoisotopic (exact) mass is 338 g/mol. The molecule has 2 rings (SSSR count). The largest absolute Gasteiger partial charge is 0.490 e. The van der Waals surface area contributed by atoms with Gasteiger partial charge in [0.25, 0.3) is 0 Å². The van der Waals surface area contributed by atoms with Gasteiger partial charge < -0.3 is 9.47 Å². The van der Waals surface area contributed by atoms with Crippen LogP contribution in [0, 0.1) is 0 Å². The third kappa shape index (κ3) is 4.14. The highest BCUT2D eigenvalue weighted by Crippen LogP contribution is 2.38. The molecule has 0 aliphatic heterocycles. The van der Waals surface area contributed by atoms with Gasteiger partial charge in [-0.3, -0.25) is 4.79 Å². The quantitative estimate of drug-likeness (QED) is 0.570. The Morgan fingerprint density at radius 1 is 1.08 bits per heavy atom. The minimum atomic E-state index is -4.47. The smallest absolute Gasteiger partial charge is 0.417 e. The number of carbonyl (C=O) groups is 1. The Morgan fingerprint density at radius 3 is 2.42 bits per heavy atom. The maximum atomic E-state index is 13.2. The minimum Gasteiger partial charge on any atom is -0.490 e. The van der Waals surface area contributed by atoms with Crippen molar-refractivity contribution in [3.8, 4) is 16.9 Å². The van der Waals surface area contributed by atoms with Gasteiger partial charge in [-0.2, -0.15) is 13.2 Å². The van der Waals surface area contributed by atoms with Crippen molar-refractivity contribution in [1.29, 1.82) is 0 Å². The first-order valence-corrected chi connectivity index (χ1v) is 7.28. The summed E-state index contributed by atoms with van der Waals surface area (Å²) in [6.45, 7) is 1.88. The Morgan fingerprint density at radius 2 is 1.79 bits per heavy atom. The van der Waals surface area contributed by atoms with E-state index in [0.29, 0.717) is 17.7 Å². The molecule has 0 radical (unpaired) electrons. The molecule has 0 unspecified atom stereocenters. The molecule has 0 saturated heterocycles. The molecule has 0 spiro atoms. The zero-order chi connectivity index (χ0) is 17.7. The fraction of sp³-hybridized carbons (Fsp3) is 0.278. The first kappa shape index (κ1) is 18.0. The lowest BCUT2D eigenvalue weighted by molar-refractivity contribution is -0.137. The number of ketones is 1. The summed E-state index contributed by atoms with van der Waals surface area (Å²) >= 11 is 0. The third-order valence-corrected chi connectivity index (χ3v) is 3.45. The maximum Gasteiger partial charge on any atom is 0.417 e. The Bertz CT molecular complexity index is 724. The molecule has 6 heteroatoms. The van der Waals surface area contributed by atoms with Crippen molar-refractivity contribution in [1.82, 2.24) is 0 Å². The average molecular weight is 338 g/mol. The van der Waals surface area contributed by atoms with E-state index in [1.165, 1.54) is 50.4 Å². The van der Waals surface area contributed by atoms with Gasteiger partial charge in [0.05, 0.1) is 17.7 Å². The standard InChI is InChI=1S/C18H17F3O3/c1-12(22)14-8-7-13(11-17(14)24-10-9-23-2)15-5-3-4-6-16(15)18(19,20)21/h3-8,11H,9-10H2,1-2H3. The first-order valence-electron chi connectivity index (χ1n) is 7.28. The number of rotatable bonds is 6. The first-order chi connectivity index (χ1) is 11.3. The molecule has 0 bridgehead atoms. The van der Waals surface area contributed by atoms with Crippen molar-refractivity contribution < 1.29 is 27.4 Å². The van der Waals surface area contributed by atoms with Gasteiger partial charge in [-0.05, 0) is 36.2 Å². The lowest BCUT2D eigenvalue weighted by Gasteiger charge is -2.15. The molecule has 0 fully saturated rings. The predicted molar refractivity (Wildman–Crippen MR) is 84.3 cm³/mol. The molecular formula is C18H17F3O3. The molecule has 2 aromatic carbocycles. The average Bonchev–Trinajstić information content (AvgIpc) is 2.54. The van der Waals surface area contributed by atoms with Crippen molar-refractivity contribution in [2.45, 2.75) is 13.1 Å². The second-order valence-electron chi connectivity index (χ2n) is 5.15. The molecule has 128 valence electrons. The van der Waals surface area contributed by atoms with Gasteiger partial charge in [-0.1, -0.05) is 24.3 Å². The molecule has 0 amide bonds. The number of halogens is 3. The van der Waals surface area contributed by atoms with Crippen LogP contribution in [-0.2, 0) is 10.9 Å². The topological polar surface area (TPSA) is 35.5 Å². The van der Waals surface area contributed by atoms with Crippen LogP contribution in [0.1, 0.15) is 22.8 Å². The van der Waals surface area contributed by atoms with Gasteiger partial charge in [0.2, 0.25) is 0 Å². The SMILES string of the molecule is COCCOc1cc(-c2ccccc2C(F)(F)F)ccc1C(C)=O. The van der Waals surface area contributed by atoms with Crippen LogP contribution in [0.2, 0.25) is 0 Å². The van der Waals surface area contributed by atoms with Gasteiger partial charge in [-0.15, -0.1) is 0 Å². The Hall–Kier alpha value is -2.34. The number of methoxy groups -OCH3 is 1. The van der Waals surface area contributed by atoms with E-state index in [1.807, 2.05) is 0 Å². The van der Waals surface area contributed by atoms with E-state index >= 15 is 0 Å². The second-order valence-corrected chi connectivity index (χ2v) is 5.15. The molecule has 0 aliphatic carbocycles. The fourth-order valence-corrected chi connectivity index (χ4v) is 2.32. The molecule has 0 saturated carbocycles. The van der Waals surface area contributed by atoms with Crippen LogP contribution in [0.5, 0.6) is 5.75 Å². The number of hydrogen-bond acceptors (Lipinski definition) is 3. The van der Waals surface area contributed by atoms with Crippen LogP contribution in [0.25, 0.3) is 11.1 Å². The summed E-state index contributed by atoms with van der Waals surface area (Å²) in [5, 5.41) is 0. The highest BCUT2D eigenvalue weighted by molar-refractivity contribution is 5.97. The zero-order valence-electron chi connectivity index (χ0n) is 13.3. The van der Waals surface area contributed by atoms with E-state index in [2.05, 4.69) is 0 Å². The predicted octanol–water partition coefficient (Wildman–Crippen LogP) is 4.60. The Balaban J connectivity index is 2.49. The molecule has 3 nitrogen and oxygen atoms in total. The van der Waals surface area contributed by atoms with E-state index in [0.717, 1.165) is 6.07 Å². The van der Waals surface area contributed by atoms with Crippen LogP contribution >= 0.6 is 0 Å². The van der Waals surface area contributed by atoms with E-state index in [1.54, 1.807) is 0 Å². The van der Waals surface area contributed by atoms with Gasteiger partial charge >= 0.3 is 6.18 Å². The second kappa shape index (κ2) is 7.49. The highest BCUT2D eigenvalue weighted by atomic mass is 19.4. The van der Waals surface area contributed by atoms with Gasteiger partial charge in [0.15, 0.2) is 5.78 Å². The van der Waals surface area contributed by atoms with Crippen LogP contribution < -0.4 is 4.74 Å². The Kier molecular flexibility index (Phi) is 5.62. The highest BCUT2D eigenvalue weighted by Gasteiger charge is 2.33. The minimum absolute atomic E-state index is 0.0386. The summed E-state index contributed by atoms with van der Waals surface area (Å²) in [6.07, 6.45) is -4.47. The lowest BCUT2D eigenvalue weighted by atomic mass is 9.97. The normalized spacial score (nSPS) is 11.4. The van der Waals surface area contributed by atoms with Gasteiger partial charge in [-0.25, -0.2) is 0 Å². The van der Waals surface area contributed by atoms with Crippen LogP contribution in [0.4, 0.5) is 13.2 Å². The van der Waals surface area contributed by atoms with Crippen molar-refractivity contribution in [3.05, 3.63) is 53.6 Å². The number of benzene rings is 2. The summed E-state index contributed by atoms with van der Waals surface area (Å²) < 4.78 is 49.9. The van der Waals surface area contributed by atoms with Crippen LogP contribution in [0.3, 0.4) is 0 Å². The van der Waals surface area contributed by atoms with E-state index in [4.69, 9.17) is 9.47 Å². The molecule has 0 heterocycles. The zero-order valence-corrected chi connectivity index (χ0v) is 13.3. The molecule has 24 heavy (non-hydrogen) atoms. The molecule has 0 atom stereocenters. The summed E-state index contributed by atoms with van der Waals surface area (Å²) in [4.78, 5) is 11.7. The molecule has 0 aliphatic rings. The van der Waals surface area contributed by atoms with E-state index in [9.17, 15) is 18.0 Å². The number of ether oxygens (including phenoxy) is 2. The number of Topliss-reactive ketones (excluding diaryl/α,β-unsaturated/α-hetero) is 1. The van der Waals surface area contributed by atoms with Crippen LogP contribution in [0.15, 0.2) is 42.5 Å². The van der Waals surface area contributed by atoms with Crippen molar-refractivity contribution in [3.63, 3.8) is 0 Å².